The molecule has 3 amide bonds. The van der Waals surface area contributed by atoms with E-state index in [0.717, 1.165) is 0 Å². The zero-order valence-corrected chi connectivity index (χ0v) is 17.2. The van der Waals surface area contributed by atoms with Gasteiger partial charge in [-0.05, 0) is 33.3 Å². The number of amides is 3. The van der Waals surface area contributed by atoms with E-state index in [-0.39, 0.29) is 30.6 Å². The molecule has 2 aliphatic heterocycles. The van der Waals surface area contributed by atoms with Gasteiger partial charge in [0.1, 0.15) is 11.6 Å². The monoisotopic (exact) mass is 424 g/mol. The molecule has 8 nitrogen and oxygen atoms in total. The van der Waals surface area contributed by atoms with Gasteiger partial charge in [-0.1, -0.05) is 6.07 Å². The summed E-state index contributed by atoms with van der Waals surface area (Å²) in [5.74, 6) is -3.14. The molecule has 2 atom stereocenters. The van der Waals surface area contributed by atoms with Crippen molar-refractivity contribution in [2.45, 2.75) is 51.3 Å². The summed E-state index contributed by atoms with van der Waals surface area (Å²) in [7, 11) is 0. The van der Waals surface area contributed by atoms with E-state index < -0.39 is 47.2 Å². The van der Waals surface area contributed by atoms with Crippen LogP contribution in [0.1, 0.15) is 45.2 Å². The standard InChI is InChI=1S/C20H26F2N4O4/c1-20(2,3)30-19(29)26-9-8-23-14(10-26)11-4-5-12(17(22)16(11)21)24-13-6-7-15(27)25-18(13)28/h4-5,13-14,23-24H,6-10H2,1-3H3,(H,25,27,28). The largest absolute Gasteiger partial charge is 0.444 e. The van der Waals surface area contributed by atoms with Gasteiger partial charge in [-0.25, -0.2) is 13.6 Å². The first-order valence-electron chi connectivity index (χ1n) is 9.84. The number of ether oxygens (including phenoxy) is 1. The van der Waals surface area contributed by atoms with Gasteiger partial charge in [0.2, 0.25) is 11.8 Å². The van der Waals surface area contributed by atoms with Gasteiger partial charge in [0.05, 0.1) is 11.7 Å². The molecule has 164 valence electrons. The number of hydrogen-bond donors (Lipinski definition) is 3. The molecule has 0 aromatic heterocycles. The Morgan fingerprint density at radius 1 is 1.23 bits per heavy atom. The Bertz CT molecular complexity index is 856. The molecular weight excluding hydrogens is 398 g/mol. The van der Waals surface area contributed by atoms with Gasteiger partial charge in [-0.2, -0.15) is 0 Å². The van der Waals surface area contributed by atoms with Crippen molar-refractivity contribution in [1.82, 2.24) is 15.5 Å². The summed E-state index contributed by atoms with van der Waals surface area (Å²) in [5.41, 5.74) is -0.738. The Labute approximate surface area is 173 Å². The van der Waals surface area contributed by atoms with Gasteiger partial charge in [0, 0.05) is 31.6 Å². The van der Waals surface area contributed by atoms with Crippen molar-refractivity contribution in [1.29, 1.82) is 0 Å². The maximum atomic E-state index is 14.8. The van der Waals surface area contributed by atoms with Gasteiger partial charge in [0.15, 0.2) is 11.6 Å². The van der Waals surface area contributed by atoms with Gasteiger partial charge >= 0.3 is 6.09 Å². The number of nitrogens with one attached hydrogen (secondary N) is 3. The van der Waals surface area contributed by atoms with Crippen molar-refractivity contribution >= 4 is 23.6 Å². The summed E-state index contributed by atoms with van der Waals surface area (Å²) < 4.78 is 34.9. The number of halogens is 2. The smallest absolute Gasteiger partial charge is 0.410 e. The summed E-state index contributed by atoms with van der Waals surface area (Å²) in [6.45, 7) is 6.20. The molecule has 0 spiro atoms. The molecule has 0 aliphatic carbocycles. The Morgan fingerprint density at radius 2 is 1.97 bits per heavy atom. The lowest BCUT2D eigenvalue weighted by Crippen LogP contribution is -2.50. The van der Waals surface area contributed by atoms with Crippen LogP contribution in [0.5, 0.6) is 0 Å². The molecule has 2 heterocycles. The van der Waals surface area contributed by atoms with Gasteiger partial charge in [-0.15, -0.1) is 0 Å². The third-order valence-corrected chi connectivity index (χ3v) is 4.88. The summed E-state index contributed by atoms with van der Waals surface area (Å²) >= 11 is 0. The van der Waals surface area contributed by atoms with Crippen LogP contribution in [0.3, 0.4) is 0 Å². The summed E-state index contributed by atoms with van der Waals surface area (Å²) in [4.78, 5) is 36.8. The minimum absolute atomic E-state index is 0.0783. The van der Waals surface area contributed by atoms with E-state index in [1.807, 2.05) is 0 Å². The highest BCUT2D eigenvalue weighted by atomic mass is 19.2. The predicted octanol–water partition coefficient (Wildman–Crippen LogP) is 2.06. The first-order chi connectivity index (χ1) is 14.0. The Balaban J connectivity index is 1.72. The maximum Gasteiger partial charge on any atom is 0.410 e. The highest BCUT2D eigenvalue weighted by Crippen LogP contribution is 2.28. The van der Waals surface area contributed by atoms with E-state index in [0.29, 0.717) is 13.1 Å². The average molecular weight is 424 g/mol. The lowest BCUT2D eigenvalue weighted by molar-refractivity contribution is -0.133. The molecule has 0 bridgehead atoms. The molecule has 3 N–H and O–H groups in total. The van der Waals surface area contributed by atoms with Crippen molar-refractivity contribution < 1.29 is 27.9 Å². The van der Waals surface area contributed by atoms with Crippen molar-refractivity contribution in [3.05, 3.63) is 29.3 Å². The van der Waals surface area contributed by atoms with E-state index in [4.69, 9.17) is 4.74 Å². The number of imide groups is 1. The number of anilines is 1. The SMILES string of the molecule is CC(C)(C)OC(=O)N1CCNC(c2ccc(NC3CCC(=O)NC3=O)c(F)c2F)C1. The van der Waals surface area contributed by atoms with Gasteiger partial charge in [-0.3, -0.25) is 14.9 Å². The number of nitrogens with zero attached hydrogens (tertiary/aromatic N) is 1. The van der Waals surface area contributed by atoms with Crippen LogP contribution in [0.15, 0.2) is 12.1 Å². The third-order valence-electron chi connectivity index (χ3n) is 4.88. The highest BCUT2D eigenvalue weighted by molar-refractivity contribution is 6.01. The Kier molecular flexibility index (Phi) is 6.25. The molecule has 2 aliphatic rings. The van der Waals surface area contributed by atoms with Gasteiger partial charge in [0.25, 0.3) is 0 Å². The van der Waals surface area contributed by atoms with E-state index in [1.165, 1.54) is 17.0 Å². The number of carbonyl (C=O) groups is 3. The van der Waals surface area contributed by atoms with Crippen LogP contribution in [0, 0.1) is 11.6 Å². The molecule has 30 heavy (non-hydrogen) atoms. The van der Waals surface area contributed by atoms with E-state index in [1.54, 1.807) is 20.8 Å². The number of benzene rings is 1. The molecule has 3 rings (SSSR count). The topological polar surface area (TPSA) is 99.8 Å². The minimum Gasteiger partial charge on any atom is -0.444 e. The second-order valence-corrected chi connectivity index (χ2v) is 8.41. The van der Waals surface area contributed by atoms with Crippen molar-refractivity contribution in [2.75, 3.05) is 25.0 Å². The first-order valence-corrected chi connectivity index (χ1v) is 9.84. The van der Waals surface area contributed by atoms with Crippen molar-refractivity contribution in [2.24, 2.45) is 0 Å². The third kappa shape index (κ3) is 5.05. The second kappa shape index (κ2) is 8.55. The summed E-state index contributed by atoms with van der Waals surface area (Å²) in [5, 5.41) is 7.91. The molecule has 0 radical (unpaired) electrons. The predicted molar refractivity (Wildman–Crippen MR) is 105 cm³/mol. The second-order valence-electron chi connectivity index (χ2n) is 8.41. The zero-order chi connectivity index (χ0) is 22.1. The molecule has 2 fully saturated rings. The van der Waals surface area contributed by atoms with E-state index in [9.17, 15) is 23.2 Å². The number of hydrogen-bond acceptors (Lipinski definition) is 6. The zero-order valence-electron chi connectivity index (χ0n) is 17.2. The summed E-state index contributed by atoms with van der Waals surface area (Å²) in [6.07, 6.45) is -0.188. The van der Waals surface area contributed by atoms with Crippen molar-refractivity contribution in [3.63, 3.8) is 0 Å². The van der Waals surface area contributed by atoms with Crippen LogP contribution >= 0.6 is 0 Å². The lowest BCUT2D eigenvalue weighted by Gasteiger charge is -2.35. The van der Waals surface area contributed by atoms with E-state index >= 15 is 0 Å². The maximum absolute atomic E-state index is 14.8. The van der Waals surface area contributed by atoms with Crippen LogP contribution in [0.4, 0.5) is 19.3 Å². The van der Waals surface area contributed by atoms with Crippen LogP contribution < -0.4 is 16.0 Å². The highest BCUT2D eigenvalue weighted by Gasteiger charge is 2.31. The number of piperazine rings is 1. The first kappa shape index (κ1) is 21.9. The quantitative estimate of drug-likeness (QED) is 0.643. The van der Waals surface area contributed by atoms with Crippen LogP contribution in [0.2, 0.25) is 0 Å². The Morgan fingerprint density at radius 3 is 2.63 bits per heavy atom. The fourth-order valence-electron chi connectivity index (χ4n) is 3.41. The van der Waals surface area contributed by atoms with Gasteiger partial charge < -0.3 is 20.3 Å². The fraction of sp³-hybridized carbons (Fsp3) is 0.550. The molecule has 0 saturated carbocycles. The van der Waals surface area contributed by atoms with Crippen LogP contribution in [-0.2, 0) is 14.3 Å². The molecule has 1 aromatic carbocycles. The molecular formula is C20H26F2N4O4. The van der Waals surface area contributed by atoms with Crippen LogP contribution in [0.25, 0.3) is 0 Å². The lowest BCUT2D eigenvalue weighted by atomic mass is 10.0. The summed E-state index contributed by atoms with van der Waals surface area (Å²) in [6, 6.07) is 1.34. The molecule has 10 heteroatoms. The molecule has 2 unspecified atom stereocenters. The molecule has 1 aromatic rings. The number of rotatable bonds is 3. The minimum atomic E-state index is -1.12. The van der Waals surface area contributed by atoms with E-state index in [2.05, 4.69) is 16.0 Å². The van der Waals surface area contributed by atoms with Crippen LogP contribution in [-0.4, -0.2) is 54.1 Å². The number of carbonyl (C=O) groups excluding carboxylic acids is 3. The Hall–Kier alpha value is -2.75. The molecule has 2 saturated heterocycles. The van der Waals surface area contributed by atoms with Crippen molar-refractivity contribution in [3.8, 4) is 0 Å². The fourth-order valence-corrected chi connectivity index (χ4v) is 3.41. The number of piperidine rings is 1. The normalized spacial score (nSPS) is 22.5. The average Bonchev–Trinajstić information content (AvgIpc) is 2.66.